The topological polar surface area (TPSA) is 51.6 Å². The van der Waals surface area contributed by atoms with Gasteiger partial charge in [-0.2, -0.15) is 0 Å². The molecular formula is C13H14N4S9. The Morgan fingerprint density at radius 2 is 1.08 bits per heavy atom. The van der Waals surface area contributed by atoms with Crippen LogP contribution in [0.4, 0.5) is 0 Å². The maximum atomic E-state index is 5.40. The van der Waals surface area contributed by atoms with Crippen LogP contribution >= 0.6 is 105 Å². The summed E-state index contributed by atoms with van der Waals surface area (Å²) in [5.74, 6) is 4.17. The summed E-state index contributed by atoms with van der Waals surface area (Å²) in [5.41, 5.74) is 0. The van der Waals surface area contributed by atoms with Crippen LogP contribution in [0.3, 0.4) is 0 Å². The van der Waals surface area contributed by atoms with Crippen molar-refractivity contribution in [2.75, 3.05) is 23.0 Å². The minimum atomic E-state index is 1.01. The fourth-order valence-corrected chi connectivity index (χ4v) is 11.6. The predicted molar refractivity (Wildman–Crippen MR) is 125 cm³/mol. The van der Waals surface area contributed by atoms with Gasteiger partial charge in [-0.1, -0.05) is 58.4 Å². The minimum Gasteiger partial charge on any atom is -0.143 e. The Bertz CT molecular complexity index is 811. The highest BCUT2D eigenvalue weighted by atomic mass is 32.2. The highest BCUT2D eigenvalue weighted by Gasteiger charge is 2.10. The highest BCUT2D eigenvalue weighted by Crippen LogP contribution is 2.41. The molecule has 0 aliphatic heterocycles. The molecule has 0 saturated heterocycles. The fourth-order valence-electron chi connectivity index (χ4n) is 1.63. The maximum absolute atomic E-state index is 5.40. The minimum absolute atomic E-state index is 1.01. The third-order valence-electron chi connectivity index (χ3n) is 2.62. The number of hydrogen-bond donors (Lipinski definition) is 0. The fraction of sp³-hybridized carbons (Fsp3) is 0.462. The van der Waals surface area contributed by atoms with Gasteiger partial charge in [0.1, 0.15) is 13.2 Å². The van der Waals surface area contributed by atoms with Gasteiger partial charge in [0.2, 0.25) is 0 Å². The maximum Gasteiger partial charge on any atom is 0.174 e. The lowest BCUT2D eigenvalue weighted by Crippen LogP contribution is -1.85. The molecule has 0 saturated carbocycles. The van der Waals surface area contributed by atoms with Gasteiger partial charge in [0, 0.05) is 23.0 Å². The average Bonchev–Trinajstić information content (AvgIpc) is 3.30. The van der Waals surface area contributed by atoms with E-state index in [1.54, 1.807) is 68.9 Å². The van der Waals surface area contributed by atoms with Crippen LogP contribution in [-0.2, 0) is 0 Å². The quantitative estimate of drug-likeness (QED) is 0.168. The van der Waals surface area contributed by atoms with Crippen molar-refractivity contribution in [3.05, 3.63) is 13.2 Å². The zero-order valence-corrected chi connectivity index (χ0v) is 21.1. The third kappa shape index (κ3) is 6.99. The third-order valence-corrected chi connectivity index (χ3v) is 12.7. The summed E-state index contributed by atoms with van der Waals surface area (Å²) in [6.07, 6.45) is 0. The largest absolute Gasteiger partial charge is 0.174 e. The molecule has 0 aliphatic rings. The lowest BCUT2D eigenvalue weighted by atomic mass is 10.9. The summed E-state index contributed by atoms with van der Waals surface area (Å²) in [7, 11) is 0. The van der Waals surface area contributed by atoms with Gasteiger partial charge in [-0.15, -0.1) is 66.6 Å². The number of thioether (sulfide) groups is 4. The molecule has 0 radical (unpaired) electrons. The lowest BCUT2D eigenvalue weighted by molar-refractivity contribution is 0.984. The molecule has 0 atom stereocenters. The number of aryl methyl sites for hydroxylation is 2. The lowest BCUT2D eigenvalue weighted by Gasteiger charge is -2.02. The van der Waals surface area contributed by atoms with Crippen molar-refractivity contribution in [2.24, 2.45) is 0 Å². The Hall–Kier alpha value is 0.790. The number of hydrogen-bond acceptors (Lipinski definition) is 13. The zero-order valence-electron chi connectivity index (χ0n) is 13.8. The first-order valence-electron chi connectivity index (χ1n) is 7.35. The summed E-state index contributed by atoms with van der Waals surface area (Å²) >= 11 is 19.6. The number of rotatable bonds is 10. The van der Waals surface area contributed by atoms with E-state index < -0.39 is 0 Å². The molecule has 3 rings (SSSR count). The molecule has 0 fully saturated rings. The molecule has 0 spiro atoms. The molecule has 4 nitrogen and oxygen atoms in total. The van der Waals surface area contributed by atoms with Crippen LogP contribution in [0.1, 0.15) is 10.0 Å². The second-order valence-electron chi connectivity index (χ2n) is 4.60. The molecule has 0 amide bonds. The Morgan fingerprint density at radius 1 is 0.654 bits per heavy atom. The number of aromatic nitrogens is 4. The van der Waals surface area contributed by atoms with Crippen LogP contribution in [0, 0.1) is 17.0 Å². The highest BCUT2D eigenvalue weighted by molar-refractivity contribution is 8.07. The van der Waals surface area contributed by atoms with Crippen LogP contribution in [0.5, 0.6) is 0 Å². The Kier molecular flexibility index (Phi) is 9.18. The molecule has 3 aromatic heterocycles. The normalized spacial score (nSPS) is 11.3. The van der Waals surface area contributed by atoms with Crippen LogP contribution in [-0.4, -0.2) is 43.4 Å². The predicted octanol–water partition coefficient (Wildman–Crippen LogP) is 6.63. The Morgan fingerprint density at radius 3 is 1.46 bits per heavy atom. The van der Waals surface area contributed by atoms with Crippen LogP contribution in [0.2, 0.25) is 0 Å². The molecule has 0 bridgehead atoms. The van der Waals surface area contributed by atoms with E-state index in [2.05, 4.69) is 20.4 Å². The van der Waals surface area contributed by atoms with E-state index in [4.69, 9.17) is 12.2 Å². The van der Waals surface area contributed by atoms with Gasteiger partial charge in [-0.05, 0) is 13.8 Å². The molecule has 0 N–H and O–H groups in total. The van der Waals surface area contributed by atoms with Gasteiger partial charge in [-0.3, -0.25) is 0 Å². The van der Waals surface area contributed by atoms with Crippen LogP contribution in [0.15, 0.2) is 17.1 Å². The van der Waals surface area contributed by atoms with E-state index in [1.165, 1.54) is 8.42 Å². The summed E-state index contributed by atoms with van der Waals surface area (Å²) in [6, 6.07) is 0. The summed E-state index contributed by atoms with van der Waals surface area (Å²) in [6.45, 7) is 3.98. The molecule has 0 aliphatic carbocycles. The molecule has 26 heavy (non-hydrogen) atoms. The standard InChI is InChI=1S/C13H14N4S9/c1-7-14-16-11(23-7)21-5-3-19-9-10(26-13(18)25-9)20-4-6-22-12-17-15-8(2)24-12/h3-6H2,1-2H3. The van der Waals surface area contributed by atoms with Crippen molar-refractivity contribution in [1.29, 1.82) is 0 Å². The SMILES string of the molecule is Cc1nnc(SCCSc2sc(=S)sc2SCCSc2nnc(C)s2)s1. The second-order valence-corrected chi connectivity index (χ2v) is 15.6. The van der Waals surface area contributed by atoms with Gasteiger partial charge >= 0.3 is 0 Å². The van der Waals surface area contributed by atoms with Gasteiger partial charge in [0.25, 0.3) is 0 Å². The smallest absolute Gasteiger partial charge is 0.143 e. The second kappa shape index (κ2) is 11.1. The Balaban J connectivity index is 1.41. The molecule has 0 unspecified atom stereocenters. The van der Waals surface area contributed by atoms with Crippen molar-refractivity contribution in [3.63, 3.8) is 0 Å². The number of nitrogens with zero attached hydrogens (tertiary/aromatic N) is 4. The van der Waals surface area contributed by atoms with Crippen molar-refractivity contribution in [3.8, 4) is 0 Å². The van der Waals surface area contributed by atoms with E-state index in [0.717, 1.165) is 44.8 Å². The Labute approximate surface area is 190 Å². The van der Waals surface area contributed by atoms with Crippen LogP contribution in [0.25, 0.3) is 0 Å². The van der Waals surface area contributed by atoms with Crippen molar-refractivity contribution in [1.82, 2.24) is 20.4 Å². The molecular weight excluding hydrogens is 501 g/mol. The van der Waals surface area contributed by atoms with E-state index in [1.807, 2.05) is 37.4 Å². The van der Waals surface area contributed by atoms with E-state index in [9.17, 15) is 0 Å². The van der Waals surface area contributed by atoms with E-state index in [0.29, 0.717) is 0 Å². The van der Waals surface area contributed by atoms with Gasteiger partial charge in [0.15, 0.2) is 8.68 Å². The van der Waals surface area contributed by atoms with Gasteiger partial charge in [-0.25, -0.2) is 0 Å². The van der Waals surface area contributed by atoms with E-state index in [-0.39, 0.29) is 0 Å². The molecule has 3 aromatic rings. The van der Waals surface area contributed by atoms with Crippen LogP contribution < -0.4 is 0 Å². The van der Waals surface area contributed by atoms with Crippen molar-refractivity contribution >= 4 is 105 Å². The first-order valence-corrected chi connectivity index (χ1v) is 15.0. The molecule has 140 valence electrons. The molecule has 0 aromatic carbocycles. The zero-order chi connectivity index (χ0) is 18.4. The summed E-state index contributed by atoms with van der Waals surface area (Å²) < 4.78 is 5.83. The van der Waals surface area contributed by atoms with Gasteiger partial charge in [0.05, 0.1) is 8.42 Å². The summed E-state index contributed by atoms with van der Waals surface area (Å²) in [5, 5.41) is 18.5. The monoisotopic (exact) mass is 514 g/mol. The first kappa shape index (κ1) is 21.5. The molecule has 13 heteroatoms. The van der Waals surface area contributed by atoms with E-state index >= 15 is 0 Å². The first-order chi connectivity index (χ1) is 12.6. The van der Waals surface area contributed by atoms with Gasteiger partial charge < -0.3 is 0 Å². The van der Waals surface area contributed by atoms with Crippen molar-refractivity contribution < 1.29 is 0 Å². The molecule has 3 heterocycles. The van der Waals surface area contributed by atoms with Crippen molar-refractivity contribution in [2.45, 2.75) is 30.9 Å². The summed E-state index contributed by atoms with van der Waals surface area (Å²) in [4.78, 5) is 0. The average molecular weight is 515 g/mol.